The number of anilines is 1. The summed E-state index contributed by atoms with van der Waals surface area (Å²) >= 11 is 0. The van der Waals surface area contributed by atoms with Gasteiger partial charge in [0.25, 0.3) is 5.91 Å². The predicted molar refractivity (Wildman–Crippen MR) is 163 cm³/mol. The molecule has 2 aromatic carbocycles. The molecule has 0 aromatic heterocycles. The van der Waals surface area contributed by atoms with Crippen LogP contribution in [0.4, 0.5) is 10.5 Å². The topological polar surface area (TPSA) is 140 Å². The lowest BCUT2D eigenvalue weighted by Gasteiger charge is -2.35. The standard InChI is InChI=1S/C32H46N4O6/c1-8-9-10-11-18-36(30(39)26(20-27(33)37)35-31(40)42-32(4,5)6)28(25-19-21(2)12-13-22(25)3)29(38)34-23-14-16-24(41-7)17-15-23/h12-17,19,26,28H,8-11,18,20H2,1-7H3,(H2,33,37)(H,34,38)(H,35,40). The van der Waals surface area contributed by atoms with E-state index in [0.29, 0.717) is 23.4 Å². The van der Waals surface area contributed by atoms with Crippen molar-refractivity contribution in [3.05, 3.63) is 59.2 Å². The first-order valence-corrected chi connectivity index (χ1v) is 14.4. The number of nitrogens with zero attached hydrogens (tertiary/aromatic N) is 1. The third-order valence-electron chi connectivity index (χ3n) is 6.58. The minimum absolute atomic E-state index is 0.220. The largest absolute Gasteiger partial charge is 0.497 e. The molecule has 0 saturated heterocycles. The third kappa shape index (κ3) is 10.7. The number of nitrogens with one attached hydrogen (secondary N) is 2. The van der Waals surface area contributed by atoms with Gasteiger partial charge >= 0.3 is 6.09 Å². The van der Waals surface area contributed by atoms with Crippen LogP contribution in [-0.4, -0.2) is 54.0 Å². The minimum Gasteiger partial charge on any atom is -0.497 e. The number of rotatable bonds is 14. The van der Waals surface area contributed by atoms with E-state index in [2.05, 4.69) is 17.6 Å². The number of hydrogen-bond acceptors (Lipinski definition) is 6. The molecule has 10 nitrogen and oxygen atoms in total. The van der Waals surface area contributed by atoms with E-state index in [9.17, 15) is 19.2 Å². The van der Waals surface area contributed by atoms with Crippen LogP contribution in [0.15, 0.2) is 42.5 Å². The highest BCUT2D eigenvalue weighted by Gasteiger charge is 2.37. The van der Waals surface area contributed by atoms with Crippen LogP contribution < -0.4 is 21.1 Å². The van der Waals surface area contributed by atoms with E-state index >= 15 is 0 Å². The van der Waals surface area contributed by atoms with Crippen LogP contribution in [0.5, 0.6) is 5.75 Å². The van der Waals surface area contributed by atoms with Crippen molar-refractivity contribution in [1.29, 1.82) is 0 Å². The molecule has 4 amide bonds. The van der Waals surface area contributed by atoms with Gasteiger partial charge in [0, 0.05) is 12.2 Å². The molecule has 230 valence electrons. The summed E-state index contributed by atoms with van der Waals surface area (Å²) in [7, 11) is 1.56. The van der Waals surface area contributed by atoms with Crippen LogP contribution in [0.1, 0.15) is 82.5 Å². The summed E-state index contributed by atoms with van der Waals surface area (Å²) in [5, 5.41) is 5.46. The normalized spacial score (nSPS) is 12.5. The summed E-state index contributed by atoms with van der Waals surface area (Å²) < 4.78 is 10.6. The summed E-state index contributed by atoms with van der Waals surface area (Å²) in [6.07, 6.45) is 2.07. The van der Waals surface area contributed by atoms with E-state index in [-0.39, 0.29) is 6.54 Å². The number of carbonyl (C=O) groups excluding carboxylic acids is 4. The lowest BCUT2D eigenvalue weighted by atomic mass is 9.95. The first-order chi connectivity index (χ1) is 19.7. The second-order valence-corrected chi connectivity index (χ2v) is 11.4. The van der Waals surface area contributed by atoms with E-state index in [4.69, 9.17) is 15.2 Å². The summed E-state index contributed by atoms with van der Waals surface area (Å²) in [4.78, 5) is 54.5. The van der Waals surface area contributed by atoms with Gasteiger partial charge in [-0.1, -0.05) is 49.9 Å². The fraction of sp³-hybridized carbons (Fsp3) is 0.500. The van der Waals surface area contributed by atoms with Gasteiger partial charge in [0.05, 0.1) is 13.5 Å². The molecule has 42 heavy (non-hydrogen) atoms. The predicted octanol–water partition coefficient (Wildman–Crippen LogP) is 5.17. The average Bonchev–Trinajstić information content (AvgIpc) is 2.90. The lowest BCUT2D eigenvalue weighted by Crippen LogP contribution is -2.53. The van der Waals surface area contributed by atoms with Gasteiger partial charge in [0.15, 0.2) is 0 Å². The second kappa shape index (κ2) is 15.8. The monoisotopic (exact) mass is 582 g/mol. The zero-order valence-corrected chi connectivity index (χ0v) is 25.9. The van der Waals surface area contributed by atoms with Gasteiger partial charge in [0.2, 0.25) is 11.8 Å². The number of hydrogen-bond donors (Lipinski definition) is 3. The molecule has 0 fully saturated rings. The second-order valence-electron chi connectivity index (χ2n) is 11.4. The fourth-order valence-corrected chi connectivity index (χ4v) is 4.52. The van der Waals surface area contributed by atoms with E-state index in [1.165, 1.54) is 4.90 Å². The first kappa shape index (κ1) is 34.1. The highest BCUT2D eigenvalue weighted by atomic mass is 16.6. The Balaban J connectivity index is 2.59. The number of carbonyl (C=O) groups is 4. The molecule has 10 heteroatoms. The molecule has 0 radical (unpaired) electrons. The Morgan fingerprint density at radius 2 is 1.64 bits per heavy atom. The van der Waals surface area contributed by atoms with Gasteiger partial charge in [-0.2, -0.15) is 0 Å². The summed E-state index contributed by atoms with van der Waals surface area (Å²) in [5.41, 5.74) is 7.56. The number of benzene rings is 2. The van der Waals surface area contributed by atoms with E-state index < -0.39 is 47.9 Å². The molecule has 0 spiro atoms. The fourth-order valence-electron chi connectivity index (χ4n) is 4.52. The Bertz CT molecular complexity index is 1220. The van der Waals surface area contributed by atoms with Crippen molar-refractivity contribution in [3.63, 3.8) is 0 Å². The SMILES string of the molecule is CCCCCCN(C(=O)C(CC(N)=O)NC(=O)OC(C)(C)C)C(C(=O)Nc1ccc(OC)cc1)c1cc(C)ccc1C. The zero-order valence-electron chi connectivity index (χ0n) is 25.9. The number of nitrogens with two attached hydrogens (primary N) is 1. The van der Waals surface area contributed by atoms with Crippen LogP contribution in [0.25, 0.3) is 0 Å². The van der Waals surface area contributed by atoms with Crippen LogP contribution >= 0.6 is 0 Å². The number of unbranched alkanes of at least 4 members (excludes halogenated alkanes) is 3. The Morgan fingerprint density at radius 3 is 2.21 bits per heavy atom. The molecule has 0 aliphatic rings. The molecule has 0 saturated carbocycles. The Kier molecular flexibility index (Phi) is 12.8. The molecule has 0 aliphatic carbocycles. The van der Waals surface area contributed by atoms with E-state index in [1.807, 2.05) is 32.0 Å². The summed E-state index contributed by atoms with van der Waals surface area (Å²) in [5.74, 6) is -1.18. The molecule has 2 unspecified atom stereocenters. The molecule has 2 atom stereocenters. The third-order valence-corrected chi connectivity index (χ3v) is 6.58. The van der Waals surface area contributed by atoms with Crippen molar-refractivity contribution in [1.82, 2.24) is 10.2 Å². The number of amides is 4. The number of primary amides is 1. The van der Waals surface area contributed by atoms with Crippen molar-refractivity contribution < 1.29 is 28.7 Å². The first-order valence-electron chi connectivity index (χ1n) is 14.4. The summed E-state index contributed by atoms with van der Waals surface area (Å²) in [6.45, 7) is 11.2. The quantitative estimate of drug-likeness (QED) is 0.263. The van der Waals surface area contributed by atoms with E-state index in [0.717, 1.165) is 30.4 Å². The van der Waals surface area contributed by atoms with E-state index in [1.54, 1.807) is 52.1 Å². The Morgan fingerprint density at radius 1 is 0.976 bits per heavy atom. The van der Waals surface area contributed by atoms with Crippen molar-refractivity contribution in [2.45, 2.75) is 91.3 Å². The van der Waals surface area contributed by atoms with Crippen molar-refractivity contribution in [2.75, 3.05) is 19.0 Å². The van der Waals surface area contributed by atoms with Crippen LogP contribution in [0.3, 0.4) is 0 Å². The van der Waals surface area contributed by atoms with Crippen molar-refractivity contribution in [3.8, 4) is 5.75 Å². The minimum atomic E-state index is -1.33. The number of ether oxygens (including phenoxy) is 2. The van der Waals surface area contributed by atoms with Crippen LogP contribution in [-0.2, 0) is 19.1 Å². The molecular weight excluding hydrogens is 536 g/mol. The van der Waals surface area contributed by atoms with Crippen molar-refractivity contribution >= 4 is 29.5 Å². The lowest BCUT2D eigenvalue weighted by molar-refractivity contribution is -0.142. The van der Waals surface area contributed by atoms with Gasteiger partial charge in [0.1, 0.15) is 23.4 Å². The molecule has 4 N–H and O–H groups in total. The molecule has 0 heterocycles. The van der Waals surface area contributed by atoms with Gasteiger partial charge < -0.3 is 30.7 Å². The zero-order chi connectivity index (χ0) is 31.4. The molecule has 2 rings (SSSR count). The number of methoxy groups -OCH3 is 1. The Labute approximate surface area is 249 Å². The molecule has 0 aliphatic heterocycles. The maximum atomic E-state index is 14.2. The van der Waals surface area contributed by atoms with Crippen molar-refractivity contribution in [2.24, 2.45) is 5.73 Å². The highest BCUT2D eigenvalue weighted by molar-refractivity contribution is 6.00. The summed E-state index contributed by atoms with van der Waals surface area (Å²) in [6, 6.07) is 10.2. The van der Waals surface area contributed by atoms with Gasteiger partial charge in [-0.15, -0.1) is 0 Å². The number of aryl methyl sites for hydroxylation is 2. The maximum absolute atomic E-state index is 14.2. The smallest absolute Gasteiger partial charge is 0.408 e. The maximum Gasteiger partial charge on any atom is 0.408 e. The number of alkyl carbamates (subject to hydrolysis) is 1. The Hall–Kier alpha value is -4.08. The molecular formula is C32H46N4O6. The van der Waals surface area contributed by atoms with Crippen LogP contribution in [0.2, 0.25) is 0 Å². The van der Waals surface area contributed by atoms with Gasteiger partial charge in [-0.05, 0) is 76.4 Å². The molecule has 0 bridgehead atoms. The van der Waals surface area contributed by atoms with Crippen LogP contribution in [0, 0.1) is 13.8 Å². The van der Waals surface area contributed by atoms with Gasteiger partial charge in [-0.25, -0.2) is 4.79 Å². The highest BCUT2D eigenvalue weighted by Crippen LogP contribution is 2.29. The molecule has 2 aromatic rings. The van der Waals surface area contributed by atoms with Gasteiger partial charge in [-0.3, -0.25) is 14.4 Å². The average molecular weight is 583 g/mol.